The summed E-state index contributed by atoms with van der Waals surface area (Å²) in [6.07, 6.45) is 0. The Hall–Kier alpha value is -3.68. The van der Waals surface area contributed by atoms with Crippen LogP contribution in [0.2, 0.25) is 0 Å². The van der Waals surface area contributed by atoms with Crippen LogP contribution in [0.1, 0.15) is 33.2 Å². The average molecular weight is 381 g/mol. The van der Waals surface area contributed by atoms with Crippen molar-refractivity contribution in [3.8, 4) is 5.75 Å². The second-order valence-electron chi connectivity index (χ2n) is 6.29. The number of aryl methyl sites for hydroxylation is 1. The fourth-order valence-corrected chi connectivity index (χ4v) is 2.81. The molecule has 2 aromatic carbocycles. The van der Waals surface area contributed by atoms with Gasteiger partial charge in [0.15, 0.2) is 6.61 Å². The lowest BCUT2D eigenvalue weighted by atomic mass is 10.1. The maximum atomic E-state index is 12.4. The van der Waals surface area contributed by atoms with Crippen LogP contribution in [0.4, 0.5) is 0 Å². The molecule has 8 heteroatoms. The van der Waals surface area contributed by atoms with E-state index in [9.17, 15) is 19.2 Å². The number of carbonyl (C=O) groups excluding carboxylic acids is 4. The van der Waals surface area contributed by atoms with Crippen molar-refractivity contribution in [1.82, 2.24) is 15.8 Å². The van der Waals surface area contributed by atoms with Crippen LogP contribution in [-0.2, 0) is 9.59 Å². The maximum Gasteiger partial charge on any atom is 0.276 e. The highest BCUT2D eigenvalue weighted by atomic mass is 16.5. The summed E-state index contributed by atoms with van der Waals surface area (Å²) in [6, 6.07) is 12.5. The van der Waals surface area contributed by atoms with Crippen molar-refractivity contribution in [3.05, 3.63) is 65.2 Å². The molecule has 1 atom stereocenters. The van der Waals surface area contributed by atoms with E-state index in [1.54, 1.807) is 24.3 Å². The Bertz CT molecular complexity index is 921. The third-order valence-electron chi connectivity index (χ3n) is 4.37. The monoisotopic (exact) mass is 381 g/mol. The molecule has 4 amide bonds. The van der Waals surface area contributed by atoms with Gasteiger partial charge < -0.3 is 4.74 Å². The second-order valence-corrected chi connectivity index (χ2v) is 6.29. The minimum atomic E-state index is -1.09. The fraction of sp³-hybridized carbons (Fsp3) is 0.200. The zero-order valence-electron chi connectivity index (χ0n) is 15.4. The van der Waals surface area contributed by atoms with E-state index in [1.807, 2.05) is 19.1 Å². The van der Waals surface area contributed by atoms with Crippen LogP contribution in [0.3, 0.4) is 0 Å². The molecular formula is C20H19N3O5. The van der Waals surface area contributed by atoms with E-state index in [0.717, 1.165) is 10.5 Å². The van der Waals surface area contributed by atoms with Crippen molar-refractivity contribution < 1.29 is 23.9 Å². The number of imide groups is 1. The number of amides is 4. The Labute approximate surface area is 161 Å². The van der Waals surface area contributed by atoms with E-state index in [-0.39, 0.29) is 17.7 Å². The summed E-state index contributed by atoms with van der Waals surface area (Å²) in [6.45, 7) is 2.96. The molecule has 0 aromatic heterocycles. The first-order valence-corrected chi connectivity index (χ1v) is 8.64. The smallest absolute Gasteiger partial charge is 0.276 e. The van der Waals surface area contributed by atoms with E-state index in [2.05, 4.69) is 10.9 Å². The molecule has 28 heavy (non-hydrogen) atoms. The number of rotatable bonds is 5. The second kappa shape index (κ2) is 7.91. The predicted molar refractivity (Wildman–Crippen MR) is 99.4 cm³/mol. The molecule has 0 saturated carbocycles. The van der Waals surface area contributed by atoms with Gasteiger partial charge in [0, 0.05) is 0 Å². The number of hydrogen-bond acceptors (Lipinski definition) is 5. The summed E-state index contributed by atoms with van der Waals surface area (Å²) in [5.41, 5.74) is 5.81. The number of ether oxygens (including phenoxy) is 1. The highest BCUT2D eigenvalue weighted by molar-refractivity contribution is 6.22. The lowest BCUT2D eigenvalue weighted by Crippen LogP contribution is -2.53. The van der Waals surface area contributed by atoms with Gasteiger partial charge in [0.05, 0.1) is 11.1 Å². The van der Waals surface area contributed by atoms with Crippen LogP contribution in [0, 0.1) is 6.92 Å². The van der Waals surface area contributed by atoms with E-state index < -0.39 is 29.7 Å². The molecule has 144 valence electrons. The number of fused-ring (bicyclic) bond motifs is 1. The van der Waals surface area contributed by atoms with E-state index in [4.69, 9.17) is 4.74 Å². The first kappa shape index (κ1) is 19.1. The van der Waals surface area contributed by atoms with Gasteiger partial charge in [-0.25, -0.2) is 0 Å². The fourth-order valence-electron chi connectivity index (χ4n) is 2.81. The summed E-state index contributed by atoms with van der Waals surface area (Å²) >= 11 is 0. The van der Waals surface area contributed by atoms with Gasteiger partial charge in [-0.1, -0.05) is 30.3 Å². The van der Waals surface area contributed by atoms with Crippen molar-refractivity contribution in [2.24, 2.45) is 0 Å². The highest BCUT2D eigenvalue weighted by Crippen LogP contribution is 2.24. The Morgan fingerprint density at radius 2 is 1.54 bits per heavy atom. The molecule has 0 saturated heterocycles. The van der Waals surface area contributed by atoms with Gasteiger partial charge in [-0.05, 0) is 37.6 Å². The number of nitrogens with zero attached hydrogens (tertiary/aromatic N) is 1. The topological polar surface area (TPSA) is 105 Å². The minimum absolute atomic E-state index is 0.253. The van der Waals surface area contributed by atoms with Gasteiger partial charge in [-0.3, -0.25) is 34.9 Å². The Morgan fingerprint density at radius 1 is 0.964 bits per heavy atom. The van der Waals surface area contributed by atoms with Gasteiger partial charge in [0.25, 0.3) is 23.6 Å². The molecule has 0 bridgehead atoms. The molecule has 1 aliphatic heterocycles. The van der Waals surface area contributed by atoms with Crippen molar-refractivity contribution >= 4 is 23.6 Å². The normalized spacial score (nSPS) is 13.7. The van der Waals surface area contributed by atoms with Crippen molar-refractivity contribution in [3.63, 3.8) is 0 Å². The largest absolute Gasteiger partial charge is 0.483 e. The quantitative estimate of drug-likeness (QED) is 0.598. The molecule has 1 unspecified atom stereocenters. The molecule has 1 heterocycles. The molecule has 2 N–H and O–H groups in total. The maximum absolute atomic E-state index is 12.4. The summed E-state index contributed by atoms with van der Waals surface area (Å²) < 4.78 is 5.39. The van der Waals surface area contributed by atoms with Gasteiger partial charge >= 0.3 is 0 Å². The van der Waals surface area contributed by atoms with Gasteiger partial charge in [-0.2, -0.15) is 0 Å². The molecule has 1 aliphatic rings. The average Bonchev–Trinajstić information content (AvgIpc) is 2.95. The molecule has 0 spiro atoms. The number of hydrazine groups is 1. The zero-order chi connectivity index (χ0) is 20.3. The van der Waals surface area contributed by atoms with Crippen molar-refractivity contribution in [2.75, 3.05) is 6.61 Å². The molecule has 3 rings (SSSR count). The molecule has 0 fully saturated rings. The molecule has 8 nitrogen and oxygen atoms in total. The van der Waals surface area contributed by atoms with Gasteiger partial charge in [-0.15, -0.1) is 0 Å². The summed E-state index contributed by atoms with van der Waals surface area (Å²) in [7, 11) is 0. The third-order valence-corrected chi connectivity index (χ3v) is 4.37. The number of para-hydroxylation sites is 1. The summed E-state index contributed by atoms with van der Waals surface area (Å²) in [4.78, 5) is 49.8. The SMILES string of the molecule is Cc1ccccc1OCC(=O)NNC(=O)C(C)N1C(=O)c2ccccc2C1=O. The van der Waals surface area contributed by atoms with Crippen molar-refractivity contribution in [1.29, 1.82) is 0 Å². The zero-order valence-corrected chi connectivity index (χ0v) is 15.4. The minimum Gasteiger partial charge on any atom is -0.483 e. The molecule has 0 aliphatic carbocycles. The lowest BCUT2D eigenvalue weighted by Gasteiger charge is -2.21. The van der Waals surface area contributed by atoms with Gasteiger partial charge in [0.1, 0.15) is 11.8 Å². The van der Waals surface area contributed by atoms with Crippen molar-refractivity contribution in [2.45, 2.75) is 19.9 Å². The molecule has 0 radical (unpaired) electrons. The highest BCUT2D eigenvalue weighted by Gasteiger charge is 2.40. The van der Waals surface area contributed by atoms with Crippen LogP contribution in [0.15, 0.2) is 48.5 Å². The van der Waals surface area contributed by atoms with E-state index in [1.165, 1.54) is 19.1 Å². The number of benzene rings is 2. The van der Waals surface area contributed by atoms with Gasteiger partial charge in [0.2, 0.25) is 0 Å². The first-order valence-electron chi connectivity index (χ1n) is 8.64. The van der Waals surface area contributed by atoms with Crippen LogP contribution in [0.25, 0.3) is 0 Å². The lowest BCUT2D eigenvalue weighted by molar-refractivity contribution is -0.131. The summed E-state index contributed by atoms with van der Waals surface area (Å²) in [5.74, 6) is -1.80. The van der Waals surface area contributed by atoms with E-state index >= 15 is 0 Å². The summed E-state index contributed by atoms with van der Waals surface area (Å²) in [5, 5.41) is 0. The Morgan fingerprint density at radius 3 is 2.14 bits per heavy atom. The predicted octanol–water partition coefficient (Wildman–Crippen LogP) is 1.21. The van der Waals surface area contributed by atoms with Crippen LogP contribution in [0.5, 0.6) is 5.75 Å². The van der Waals surface area contributed by atoms with Crippen LogP contribution >= 0.6 is 0 Å². The molecule has 2 aromatic rings. The van der Waals surface area contributed by atoms with Crippen LogP contribution < -0.4 is 15.6 Å². The number of carbonyl (C=O) groups is 4. The Balaban J connectivity index is 1.54. The first-order chi connectivity index (χ1) is 13.4. The number of nitrogens with one attached hydrogen (secondary N) is 2. The van der Waals surface area contributed by atoms with Crippen LogP contribution in [-0.4, -0.2) is 41.2 Å². The third kappa shape index (κ3) is 3.71. The number of hydrogen-bond donors (Lipinski definition) is 2. The van der Waals surface area contributed by atoms with E-state index in [0.29, 0.717) is 5.75 Å². The Kier molecular flexibility index (Phi) is 5.39. The standard InChI is InChI=1S/C20H19N3O5/c1-12-7-3-6-10-16(12)28-11-17(24)21-22-18(25)13(2)23-19(26)14-8-4-5-9-15(14)20(23)27/h3-10,13H,11H2,1-2H3,(H,21,24)(H,22,25). The molecular weight excluding hydrogens is 362 g/mol.